The molecule has 0 atom stereocenters. The summed E-state index contributed by atoms with van der Waals surface area (Å²) >= 11 is 0. The van der Waals surface area contributed by atoms with Gasteiger partial charge in [0.15, 0.2) is 0 Å². The molecule has 10 heteroatoms. The van der Waals surface area contributed by atoms with Gasteiger partial charge in [-0.3, -0.25) is 9.59 Å². The van der Waals surface area contributed by atoms with Gasteiger partial charge in [0.1, 0.15) is 0 Å². The number of nitrogens with one attached hydrogen (secondary N) is 2. The Bertz CT molecular complexity index is 705. The number of anilines is 1. The molecule has 0 spiro atoms. The molecule has 0 aromatic heterocycles. The van der Waals surface area contributed by atoms with Crippen LogP contribution in [0.5, 0.6) is 0 Å². The average molecular weight is 393 g/mol. The molecule has 4 N–H and O–H groups in total. The number of hydrogen-bond acceptors (Lipinski definition) is 5. The van der Waals surface area contributed by atoms with Crippen molar-refractivity contribution in [3.63, 3.8) is 0 Å². The fourth-order valence-electron chi connectivity index (χ4n) is 1.85. The zero-order chi connectivity index (χ0) is 18.5. The minimum absolute atomic E-state index is 0. The van der Waals surface area contributed by atoms with Crippen LogP contribution in [0.15, 0.2) is 29.2 Å². The number of likely N-dealkylation sites (N-methyl/N-ethyl adjacent to an activating group) is 1. The maximum Gasteiger partial charge on any atom is 0.243 e. The predicted octanol–water partition coefficient (Wildman–Crippen LogP) is 0.541. The number of nitrogens with two attached hydrogens (primary N) is 1. The fourth-order valence-corrected chi connectivity index (χ4v) is 2.98. The Hall–Kier alpha value is -1.68. The van der Waals surface area contributed by atoms with Gasteiger partial charge in [0.25, 0.3) is 0 Å². The second-order valence-electron chi connectivity index (χ2n) is 6.10. The number of nitrogens with zero attached hydrogens (tertiary/aromatic N) is 1. The highest BCUT2D eigenvalue weighted by atomic mass is 35.5. The zero-order valence-corrected chi connectivity index (χ0v) is 16.3. The molecule has 0 aliphatic rings. The summed E-state index contributed by atoms with van der Waals surface area (Å²) in [6, 6.07) is 5.72. The van der Waals surface area contributed by atoms with Crippen molar-refractivity contribution in [1.82, 2.24) is 9.62 Å². The Morgan fingerprint density at radius 3 is 2.16 bits per heavy atom. The molecule has 0 fully saturated rings. The van der Waals surface area contributed by atoms with Gasteiger partial charge in [0.05, 0.1) is 11.4 Å². The molecule has 0 aliphatic carbocycles. The average Bonchev–Trinajstić information content (AvgIpc) is 2.46. The summed E-state index contributed by atoms with van der Waals surface area (Å²) in [4.78, 5) is 23.0. The molecule has 25 heavy (non-hydrogen) atoms. The molecule has 0 saturated carbocycles. The number of carbonyl (C=O) groups is 2. The van der Waals surface area contributed by atoms with Gasteiger partial charge in [-0.1, -0.05) is 0 Å². The molecule has 0 radical (unpaired) electrons. The van der Waals surface area contributed by atoms with E-state index in [1.807, 2.05) is 0 Å². The van der Waals surface area contributed by atoms with E-state index < -0.39 is 21.5 Å². The molecule has 0 saturated heterocycles. The highest BCUT2D eigenvalue weighted by Gasteiger charge is 2.25. The van der Waals surface area contributed by atoms with Crippen molar-refractivity contribution in [2.75, 3.05) is 25.5 Å². The molecule has 1 rings (SSSR count). The van der Waals surface area contributed by atoms with E-state index in [1.165, 1.54) is 38.2 Å². The Kier molecular flexibility index (Phi) is 8.52. The topological polar surface area (TPSA) is 122 Å². The van der Waals surface area contributed by atoms with Crippen molar-refractivity contribution < 1.29 is 18.0 Å². The van der Waals surface area contributed by atoms with E-state index in [2.05, 4.69) is 10.6 Å². The van der Waals surface area contributed by atoms with Crippen molar-refractivity contribution in [1.29, 1.82) is 0 Å². The zero-order valence-electron chi connectivity index (χ0n) is 14.7. The van der Waals surface area contributed by atoms with Gasteiger partial charge < -0.3 is 16.4 Å². The van der Waals surface area contributed by atoms with Crippen molar-refractivity contribution in [3.05, 3.63) is 24.3 Å². The SMILES string of the molecule is CC(=O)Nc1ccc(S(=O)(=O)N(C)CC(=O)NC(C)(C)CN)cc1.Cl. The number of carbonyl (C=O) groups excluding carboxylic acids is 2. The maximum absolute atomic E-state index is 12.5. The second-order valence-corrected chi connectivity index (χ2v) is 8.15. The first-order chi connectivity index (χ1) is 11.0. The molecule has 1 aromatic carbocycles. The van der Waals surface area contributed by atoms with Crippen LogP contribution in [0.1, 0.15) is 20.8 Å². The van der Waals surface area contributed by atoms with Gasteiger partial charge in [-0.25, -0.2) is 8.42 Å². The highest BCUT2D eigenvalue weighted by molar-refractivity contribution is 7.89. The third-order valence-electron chi connectivity index (χ3n) is 3.24. The van der Waals surface area contributed by atoms with Crippen molar-refractivity contribution >= 4 is 39.9 Å². The van der Waals surface area contributed by atoms with Gasteiger partial charge >= 0.3 is 0 Å². The van der Waals surface area contributed by atoms with Gasteiger partial charge in [-0.15, -0.1) is 12.4 Å². The summed E-state index contributed by atoms with van der Waals surface area (Å²) in [5, 5.41) is 5.23. The number of benzene rings is 1. The fraction of sp³-hybridized carbons (Fsp3) is 0.467. The molecular weight excluding hydrogens is 368 g/mol. The minimum Gasteiger partial charge on any atom is -0.349 e. The summed E-state index contributed by atoms with van der Waals surface area (Å²) in [6.07, 6.45) is 0. The number of rotatable bonds is 7. The standard InChI is InChI=1S/C15H24N4O4S.ClH/c1-11(20)17-12-5-7-13(8-6-12)24(22,23)19(4)9-14(21)18-15(2,3)10-16;/h5-8H,9-10,16H2,1-4H3,(H,17,20)(H,18,21);1H. The quantitative estimate of drug-likeness (QED) is 0.625. The lowest BCUT2D eigenvalue weighted by atomic mass is 10.1. The first-order valence-electron chi connectivity index (χ1n) is 7.33. The van der Waals surface area contributed by atoms with Crippen LogP contribution in [0.3, 0.4) is 0 Å². The van der Waals surface area contributed by atoms with Crippen LogP contribution in [0.25, 0.3) is 0 Å². The van der Waals surface area contributed by atoms with Crippen molar-refractivity contribution in [3.8, 4) is 0 Å². The Balaban J connectivity index is 0.00000576. The molecule has 1 aromatic rings. The minimum atomic E-state index is -3.81. The van der Waals surface area contributed by atoms with Gasteiger partial charge in [-0.05, 0) is 38.1 Å². The summed E-state index contributed by atoms with van der Waals surface area (Å²) in [6.45, 7) is 4.78. The summed E-state index contributed by atoms with van der Waals surface area (Å²) in [5.41, 5.74) is 5.42. The van der Waals surface area contributed by atoms with Crippen molar-refractivity contribution in [2.45, 2.75) is 31.2 Å². The van der Waals surface area contributed by atoms with Crippen LogP contribution in [0.2, 0.25) is 0 Å². The molecule has 0 bridgehead atoms. The van der Waals surface area contributed by atoms with Crippen LogP contribution in [-0.2, 0) is 19.6 Å². The van der Waals surface area contributed by atoms with E-state index >= 15 is 0 Å². The molecule has 0 aliphatic heterocycles. The number of sulfonamides is 1. The van der Waals surface area contributed by atoms with E-state index in [9.17, 15) is 18.0 Å². The van der Waals surface area contributed by atoms with Gasteiger partial charge in [0, 0.05) is 31.7 Å². The lowest BCUT2D eigenvalue weighted by Crippen LogP contribution is -2.51. The third kappa shape index (κ3) is 6.99. The third-order valence-corrected chi connectivity index (χ3v) is 5.05. The van der Waals surface area contributed by atoms with E-state index in [-0.39, 0.29) is 36.3 Å². The van der Waals surface area contributed by atoms with Gasteiger partial charge in [0.2, 0.25) is 21.8 Å². The normalized spacial score (nSPS) is 11.6. The van der Waals surface area contributed by atoms with Crippen LogP contribution < -0.4 is 16.4 Å². The molecule has 142 valence electrons. The summed E-state index contributed by atoms with van der Waals surface area (Å²) < 4.78 is 25.9. The van der Waals surface area contributed by atoms with E-state index in [0.29, 0.717) is 5.69 Å². The maximum atomic E-state index is 12.5. The molecular formula is C15H25ClN4O4S. The second kappa shape index (κ2) is 9.14. The first-order valence-corrected chi connectivity index (χ1v) is 8.77. The number of hydrogen-bond donors (Lipinski definition) is 3. The Labute approximate surface area is 154 Å². The van der Waals surface area contributed by atoms with Gasteiger partial charge in [-0.2, -0.15) is 4.31 Å². The smallest absolute Gasteiger partial charge is 0.243 e. The summed E-state index contributed by atoms with van der Waals surface area (Å²) in [5.74, 6) is -0.687. The number of halogens is 1. The largest absolute Gasteiger partial charge is 0.349 e. The Morgan fingerprint density at radius 1 is 1.20 bits per heavy atom. The summed E-state index contributed by atoms with van der Waals surface area (Å²) in [7, 11) is -2.49. The van der Waals surface area contributed by atoms with Crippen LogP contribution in [0, 0.1) is 0 Å². The van der Waals surface area contributed by atoms with E-state index in [1.54, 1.807) is 13.8 Å². The van der Waals surface area contributed by atoms with Crippen LogP contribution in [-0.4, -0.2) is 50.2 Å². The molecule has 2 amide bonds. The van der Waals surface area contributed by atoms with E-state index in [4.69, 9.17) is 5.73 Å². The Morgan fingerprint density at radius 2 is 1.72 bits per heavy atom. The predicted molar refractivity (Wildman–Crippen MR) is 99.1 cm³/mol. The molecule has 0 unspecified atom stereocenters. The lowest BCUT2D eigenvalue weighted by molar-refractivity contribution is -0.122. The molecule has 0 heterocycles. The van der Waals surface area contributed by atoms with Crippen LogP contribution in [0.4, 0.5) is 5.69 Å². The monoisotopic (exact) mass is 392 g/mol. The lowest BCUT2D eigenvalue weighted by Gasteiger charge is -2.25. The van der Waals surface area contributed by atoms with E-state index in [0.717, 1.165) is 4.31 Å². The molecule has 8 nitrogen and oxygen atoms in total. The first kappa shape index (κ1) is 23.3. The van der Waals surface area contributed by atoms with Crippen LogP contribution >= 0.6 is 12.4 Å². The highest BCUT2D eigenvalue weighted by Crippen LogP contribution is 2.17. The van der Waals surface area contributed by atoms with Crippen molar-refractivity contribution in [2.24, 2.45) is 5.73 Å². The number of amides is 2.